The van der Waals surface area contributed by atoms with E-state index in [4.69, 9.17) is 10.2 Å². The maximum Gasteiger partial charge on any atom is 0.326 e. The van der Waals surface area contributed by atoms with Gasteiger partial charge in [-0.25, -0.2) is 9.59 Å². The first-order valence-electron chi connectivity index (χ1n) is 6.54. The molecule has 0 fully saturated rings. The summed E-state index contributed by atoms with van der Waals surface area (Å²) in [5.41, 5.74) is 0. The Bertz CT molecular complexity index is 401. The molecule has 0 aromatic rings. The van der Waals surface area contributed by atoms with E-state index < -0.39 is 34.8 Å². The van der Waals surface area contributed by atoms with Gasteiger partial charge in [-0.15, -0.1) is 0 Å². The first-order chi connectivity index (χ1) is 9.72. The molecule has 2 unspecified atom stereocenters. The summed E-state index contributed by atoms with van der Waals surface area (Å²) in [5, 5.41) is 22.3. The van der Waals surface area contributed by atoms with Crippen molar-refractivity contribution < 1.29 is 28.8 Å². The van der Waals surface area contributed by atoms with Crippen molar-refractivity contribution >= 4 is 28.8 Å². The lowest BCUT2D eigenvalue weighted by Gasteiger charge is -2.18. The molecule has 0 spiro atoms. The second kappa shape index (κ2) is 10.1. The van der Waals surface area contributed by atoms with Crippen molar-refractivity contribution in [2.24, 2.45) is 0 Å². The number of hydrogen-bond acceptors (Lipinski definition) is 4. The number of nitrogens with one attached hydrogen (secondary N) is 2. The first kappa shape index (κ1) is 19.4. The minimum Gasteiger partial charge on any atom is -0.481 e. The van der Waals surface area contributed by atoms with Crippen molar-refractivity contribution in [2.45, 2.75) is 44.7 Å². The standard InChI is InChI=1S/C12H22N2O6S/c1-8(6-7-21(2)20)13-12(19)14-9(11(17)18)4-3-5-10(15)16/h8-9H,3-7H2,1-2H3,(H,15,16)(H,17,18)(H2,13,14,19)/t8?,9-,21?/m1/s1. The van der Waals surface area contributed by atoms with Gasteiger partial charge < -0.3 is 20.8 Å². The molecule has 0 aliphatic rings. The van der Waals surface area contributed by atoms with E-state index in [1.807, 2.05) is 0 Å². The molecule has 21 heavy (non-hydrogen) atoms. The fourth-order valence-electron chi connectivity index (χ4n) is 1.55. The third-order valence-electron chi connectivity index (χ3n) is 2.70. The SMILES string of the molecule is CC(CCS(C)=O)NC(=O)N[C@H](CCCC(=O)O)C(=O)O. The molecule has 0 saturated heterocycles. The number of carboxylic acids is 2. The van der Waals surface area contributed by atoms with Crippen molar-refractivity contribution in [1.29, 1.82) is 0 Å². The van der Waals surface area contributed by atoms with E-state index in [2.05, 4.69) is 10.6 Å². The Morgan fingerprint density at radius 1 is 1.14 bits per heavy atom. The molecule has 0 aliphatic heterocycles. The highest BCUT2D eigenvalue weighted by Gasteiger charge is 2.20. The molecule has 0 radical (unpaired) electrons. The summed E-state index contributed by atoms with van der Waals surface area (Å²) in [6, 6.07) is -1.99. The van der Waals surface area contributed by atoms with Gasteiger partial charge in [0.2, 0.25) is 0 Å². The quantitative estimate of drug-likeness (QED) is 0.452. The minimum absolute atomic E-state index is 0.0441. The van der Waals surface area contributed by atoms with Gasteiger partial charge >= 0.3 is 18.0 Å². The Balaban J connectivity index is 4.18. The molecule has 0 bridgehead atoms. The van der Waals surface area contributed by atoms with E-state index in [1.54, 1.807) is 13.2 Å². The zero-order valence-corrected chi connectivity index (χ0v) is 12.9. The third-order valence-corrected chi connectivity index (χ3v) is 3.51. The highest BCUT2D eigenvalue weighted by molar-refractivity contribution is 7.84. The lowest BCUT2D eigenvalue weighted by atomic mass is 10.1. The van der Waals surface area contributed by atoms with Crippen molar-refractivity contribution in [3.8, 4) is 0 Å². The number of rotatable bonds is 10. The number of carbonyl (C=O) groups is 3. The number of aliphatic carboxylic acids is 2. The summed E-state index contributed by atoms with van der Waals surface area (Å²) >= 11 is 0. The van der Waals surface area contributed by atoms with Crippen LogP contribution in [0.4, 0.5) is 4.79 Å². The normalized spacial score (nSPS) is 14.8. The molecule has 2 amide bonds. The maximum atomic E-state index is 11.6. The fourth-order valence-corrected chi connectivity index (χ4v) is 2.24. The smallest absolute Gasteiger partial charge is 0.326 e. The lowest BCUT2D eigenvalue weighted by molar-refractivity contribution is -0.140. The first-order valence-corrected chi connectivity index (χ1v) is 8.26. The Hall–Kier alpha value is -1.64. The highest BCUT2D eigenvalue weighted by Crippen LogP contribution is 2.02. The van der Waals surface area contributed by atoms with Gasteiger partial charge in [0.1, 0.15) is 6.04 Å². The minimum atomic E-state index is -1.21. The van der Waals surface area contributed by atoms with E-state index in [-0.39, 0.29) is 25.3 Å². The molecule has 0 heterocycles. The summed E-state index contributed by atoms with van der Waals surface area (Å²) in [6.45, 7) is 1.73. The van der Waals surface area contributed by atoms with Crippen LogP contribution in [0.3, 0.4) is 0 Å². The average Bonchev–Trinajstić information content (AvgIpc) is 2.34. The number of hydrogen-bond donors (Lipinski definition) is 4. The van der Waals surface area contributed by atoms with Crippen LogP contribution in [-0.4, -0.2) is 56.5 Å². The highest BCUT2D eigenvalue weighted by atomic mass is 32.2. The number of carboxylic acid groups (broad SMARTS) is 2. The molecule has 8 nitrogen and oxygen atoms in total. The van der Waals surface area contributed by atoms with Crippen molar-refractivity contribution in [3.05, 3.63) is 0 Å². The Kier molecular flexibility index (Phi) is 9.35. The average molecular weight is 322 g/mol. The Morgan fingerprint density at radius 3 is 2.24 bits per heavy atom. The van der Waals surface area contributed by atoms with Gasteiger partial charge in [-0.2, -0.15) is 0 Å². The van der Waals surface area contributed by atoms with Crippen molar-refractivity contribution in [3.63, 3.8) is 0 Å². The molecule has 0 saturated carbocycles. The topological polar surface area (TPSA) is 133 Å². The van der Waals surface area contributed by atoms with E-state index in [0.717, 1.165) is 0 Å². The van der Waals surface area contributed by atoms with E-state index in [1.165, 1.54) is 0 Å². The monoisotopic (exact) mass is 322 g/mol. The summed E-state index contributed by atoms with van der Waals surface area (Å²) < 4.78 is 10.9. The molecular formula is C12H22N2O6S. The molecule has 122 valence electrons. The fraction of sp³-hybridized carbons (Fsp3) is 0.750. The molecule has 9 heteroatoms. The molecule has 3 atom stereocenters. The summed E-state index contributed by atoms with van der Waals surface area (Å²) in [6.07, 6.45) is 2.15. The number of amides is 2. The van der Waals surface area contributed by atoms with Gasteiger partial charge in [-0.3, -0.25) is 9.00 Å². The van der Waals surface area contributed by atoms with Gasteiger partial charge in [-0.05, 0) is 26.2 Å². The van der Waals surface area contributed by atoms with Crippen LogP contribution in [0, 0.1) is 0 Å². The Morgan fingerprint density at radius 2 is 1.76 bits per heavy atom. The van der Waals surface area contributed by atoms with E-state index in [9.17, 15) is 18.6 Å². The zero-order valence-electron chi connectivity index (χ0n) is 12.1. The predicted molar refractivity (Wildman–Crippen MR) is 77.6 cm³/mol. The second-order valence-corrected chi connectivity index (χ2v) is 6.32. The molecule has 0 aliphatic carbocycles. The van der Waals surface area contributed by atoms with E-state index in [0.29, 0.717) is 12.2 Å². The van der Waals surface area contributed by atoms with Gasteiger partial charge in [-0.1, -0.05) is 0 Å². The van der Waals surface area contributed by atoms with Crippen LogP contribution in [0.2, 0.25) is 0 Å². The van der Waals surface area contributed by atoms with Crippen molar-refractivity contribution in [2.75, 3.05) is 12.0 Å². The van der Waals surface area contributed by atoms with Crippen molar-refractivity contribution in [1.82, 2.24) is 10.6 Å². The maximum absolute atomic E-state index is 11.6. The van der Waals surface area contributed by atoms with Gasteiger partial charge in [0.15, 0.2) is 0 Å². The molecule has 4 N–H and O–H groups in total. The van der Waals surface area contributed by atoms with Crippen LogP contribution in [-0.2, 0) is 20.4 Å². The molecule has 0 rings (SSSR count). The summed E-state index contributed by atoms with van der Waals surface area (Å²) in [4.78, 5) is 33.0. The van der Waals surface area contributed by atoms with Crippen LogP contribution in [0.15, 0.2) is 0 Å². The van der Waals surface area contributed by atoms with Crippen LogP contribution in [0.5, 0.6) is 0 Å². The molecule has 0 aromatic carbocycles. The van der Waals surface area contributed by atoms with Crippen LogP contribution in [0.25, 0.3) is 0 Å². The molecule has 0 aromatic heterocycles. The zero-order chi connectivity index (χ0) is 16.4. The van der Waals surface area contributed by atoms with Gasteiger partial charge in [0.05, 0.1) is 0 Å². The largest absolute Gasteiger partial charge is 0.481 e. The van der Waals surface area contributed by atoms with E-state index >= 15 is 0 Å². The molecular weight excluding hydrogens is 300 g/mol. The predicted octanol–water partition coefficient (Wildman–Crippen LogP) is 0.151. The number of urea groups is 1. The summed E-state index contributed by atoms with van der Waals surface area (Å²) in [7, 11) is -0.949. The van der Waals surface area contributed by atoms with Gasteiger partial charge in [0.25, 0.3) is 0 Å². The van der Waals surface area contributed by atoms with Crippen LogP contribution >= 0.6 is 0 Å². The summed E-state index contributed by atoms with van der Waals surface area (Å²) in [5.74, 6) is -1.77. The third kappa shape index (κ3) is 10.8. The van der Waals surface area contributed by atoms with Gasteiger partial charge in [0, 0.05) is 35.3 Å². The number of carbonyl (C=O) groups excluding carboxylic acids is 1. The van der Waals surface area contributed by atoms with Crippen LogP contribution in [0.1, 0.15) is 32.6 Å². The lowest BCUT2D eigenvalue weighted by Crippen LogP contribution is -2.48. The second-order valence-electron chi connectivity index (χ2n) is 4.76. The van der Waals surface area contributed by atoms with Crippen LogP contribution < -0.4 is 10.6 Å². The Labute approximate surface area is 125 Å².